The zero-order valence-electron chi connectivity index (χ0n) is 14.4. The molecule has 0 fully saturated rings. The molecule has 0 radical (unpaired) electrons. The molecule has 1 atom stereocenters. The fraction of sp³-hybridized carbons (Fsp3) is 0.278. The first-order valence-electron chi connectivity index (χ1n) is 8.06. The molecule has 3 N–H and O–H groups in total. The zero-order valence-corrected chi connectivity index (χ0v) is 14.4. The first kappa shape index (κ1) is 17.4. The Bertz CT molecular complexity index is 910. The SMILES string of the molecule is CCOC(=O)COc1ccccc1[C@H]1C(C#N)=C(N)Oc2n[nH]c(C)c21. The van der Waals surface area contributed by atoms with Crippen molar-refractivity contribution in [2.45, 2.75) is 19.8 Å². The van der Waals surface area contributed by atoms with E-state index < -0.39 is 11.9 Å². The van der Waals surface area contributed by atoms with Crippen molar-refractivity contribution in [3.63, 3.8) is 0 Å². The number of aromatic nitrogens is 2. The Labute approximate surface area is 150 Å². The Kier molecular flexibility index (Phi) is 4.80. The van der Waals surface area contributed by atoms with Crippen LogP contribution in [0.15, 0.2) is 35.7 Å². The number of H-pyrrole nitrogens is 1. The number of ether oxygens (including phenoxy) is 3. The third kappa shape index (κ3) is 3.07. The number of rotatable bonds is 5. The van der Waals surface area contributed by atoms with E-state index in [1.54, 1.807) is 19.1 Å². The Morgan fingerprint density at radius 2 is 2.23 bits per heavy atom. The molecular formula is C18H18N4O4. The topological polar surface area (TPSA) is 123 Å². The first-order valence-corrected chi connectivity index (χ1v) is 8.06. The molecule has 1 aliphatic heterocycles. The van der Waals surface area contributed by atoms with Crippen molar-refractivity contribution in [3.8, 4) is 17.7 Å². The van der Waals surface area contributed by atoms with Gasteiger partial charge in [-0.05, 0) is 19.9 Å². The van der Waals surface area contributed by atoms with E-state index in [-0.39, 0.29) is 24.7 Å². The van der Waals surface area contributed by atoms with E-state index in [1.807, 2.05) is 19.1 Å². The van der Waals surface area contributed by atoms with E-state index in [9.17, 15) is 10.1 Å². The molecule has 8 nitrogen and oxygen atoms in total. The van der Waals surface area contributed by atoms with Crippen LogP contribution in [0.25, 0.3) is 0 Å². The molecule has 1 aromatic carbocycles. The molecule has 8 heteroatoms. The lowest BCUT2D eigenvalue weighted by molar-refractivity contribution is -0.145. The van der Waals surface area contributed by atoms with E-state index in [2.05, 4.69) is 16.3 Å². The third-order valence-electron chi connectivity index (χ3n) is 4.01. The lowest BCUT2D eigenvalue weighted by atomic mass is 9.83. The van der Waals surface area contributed by atoms with Gasteiger partial charge >= 0.3 is 5.97 Å². The summed E-state index contributed by atoms with van der Waals surface area (Å²) in [6.45, 7) is 3.61. The summed E-state index contributed by atoms with van der Waals surface area (Å²) in [5.74, 6) is -0.202. The van der Waals surface area contributed by atoms with E-state index in [0.29, 0.717) is 22.8 Å². The van der Waals surface area contributed by atoms with Gasteiger partial charge < -0.3 is 19.9 Å². The summed E-state index contributed by atoms with van der Waals surface area (Å²) in [7, 11) is 0. The predicted octanol–water partition coefficient (Wildman–Crippen LogP) is 1.88. The largest absolute Gasteiger partial charge is 0.482 e. The van der Waals surface area contributed by atoms with Crippen LogP contribution in [0.3, 0.4) is 0 Å². The number of nitrogens with zero attached hydrogens (tertiary/aromatic N) is 2. The van der Waals surface area contributed by atoms with Gasteiger partial charge in [0.2, 0.25) is 11.8 Å². The van der Waals surface area contributed by atoms with E-state index in [0.717, 1.165) is 5.69 Å². The molecule has 3 rings (SSSR count). The maximum atomic E-state index is 11.6. The number of benzene rings is 1. The standard InChI is InChI=1S/C18H18N4O4/c1-3-24-14(23)9-25-13-7-5-4-6-11(13)16-12(8-19)17(20)26-18-15(16)10(2)21-22-18/h4-7,16H,3,9,20H2,1-2H3,(H,21,22)/t16-/m0/s1. The van der Waals surface area contributed by atoms with Gasteiger partial charge in [-0.25, -0.2) is 4.79 Å². The number of aromatic amines is 1. The average molecular weight is 354 g/mol. The highest BCUT2D eigenvalue weighted by molar-refractivity contribution is 5.71. The number of allylic oxidation sites excluding steroid dienone is 1. The number of hydrogen-bond donors (Lipinski definition) is 2. The second-order valence-electron chi connectivity index (χ2n) is 5.62. The normalized spacial score (nSPS) is 15.7. The molecule has 1 aliphatic rings. The number of nitrogens with one attached hydrogen (secondary N) is 1. The van der Waals surface area contributed by atoms with Gasteiger partial charge in [0.1, 0.15) is 17.4 Å². The molecular weight excluding hydrogens is 336 g/mol. The number of aryl methyl sites for hydroxylation is 1. The molecule has 0 saturated carbocycles. The zero-order chi connectivity index (χ0) is 18.7. The summed E-state index contributed by atoms with van der Waals surface area (Å²) in [5, 5.41) is 16.6. The maximum Gasteiger partial charge on any atom is 0.344 e. The number of nitriles is 1. The minimum atomic E-state index is -0.513. The lowest BCUT2D eigenvalue weighted by Gasteiger charge is -2.25. The highest BCUT2D eigenvalue weighted by Crippen LogP contribution is 2.45. The van der Waals surface area contributed by atoms with Crippen molar-refractivity contribution >= 4 is 5.97 Å². The monoisotopic (exact) mass is 354 g/mol. The number of para-hydroxylation sites is 1. The van der Waals surface area contributed by atoms with Crippen LogP contribution in [0.4, 0.5) is 0 Å². The third-order valence-corrected chi connectivity index (χ3v) is 4.01. The van der Waals surface area contributed by atoms with Crippen LogP contribution in [0.5, 0.6) is 11.6 Å². The second kappa shape index (κ2) is 7.19. The summed E-state index contributed by atoms with van der Waals surface area (Å²) in [4.78, 5) is 11.6. The Morgan fingerprint density at radius 1 is 1.46 bits per heavy atom. The van der Waals surface area contributed by atoms with Gasteiger partial charge in [-0.15, -0.1) is 5.10 Å². The van der Waals surface area contributed by atoms with Gasteiger partial charge in [-0.3, -0.25) is 5.10 Å². The van der Waals surface area contributed by atoms with E-state index in [4.69, 9.17) is 19.9 Å². The fourth-order valence-corrected chi connectivity index (χ4v) is 2.90. The second-order valence-corrected chi connectivity index (χ2v) is 5.62. The minimum Gasteiger partial charge on any atom is -0.482 e. The van der Waals surface area contributed by atoms with Gasteiger partial charge in [0.25, 0.3) is 0 Å². The quantitative estimate of drug-likeness (QED) is 0.786. The molecule has 134 valence electrons. The molecule has 0 saturated heterocycles. The van der Waals surface area contributed by atoms with Crippen molar-refractivity contribution in [2.24, 2.45) is 5.73 Å². The molecule has 0 bridgehead atoms. The first-order chi connectivity index (χ1) is 12.6. The van der Waals surface area contributed by atoms with Crippen LogP contribution >= 0.6 is 0 Å². The van der Waals surface area contributed by atoms with Crippen molar-refractivity contribution in [2.75, 3.05) is 13.2 Å². The number of fused-ring (bicyclic) bond motifs is 1. The van der Waals surface area contributed by atoms with Crippen LogP contribution in [-0.2, 0) is 9.53 Å². The summed E-state index contributed by atoms with van der Waals surface area (Å²) < 4.78 is 16.0. The predicted molar refractivity (Wildman–Crippen MR) is 91.2 cm³/mol. The van der Waals surface area contributed by atoms with E-state index >= 15 is 0 Å². The van der Waals surface area contributed by atoms with E-state index in [1.165, 1.54) is 0 Å². The van der Waals surface area contributed by atoms with Crippen molar-refractivity contribution in [1.29, 1.82) is 5.26 Å². The lowest BCUT2D eigenvalue weighted by Crippen LogP contribution is -2.22. The van der Waals surface area contributed by atoms with Crippen molar-refractivity contribution in [3.05, 3.63) is 52.5 Å². The summed E-state index contributed by atoms with van der Waals surface area (Å²) >= 11 is 0. The Morgan fingerprint density at radius 3 is 2.96 bits per heavy atom. The van der Waals surface area contributed by atoms with Gasteiger partial charge in [-0.2, -0.15) is 5.26 Å². The van der Waals surface area contributed by atoms with Crippen molar-refractivity contribution < 1.29 is 19.0 Å². The molecule has 1 aromatic heterocycles. The summed E-state index contributed by atoms with van der Waals surface area (Å²) in [6, 6.07) is 9.26. The summed E-state index contributed by atoms with van der Waals surface area (Å²) in [5.41, 5.74) is 8.33. The summed E-state index contributed by atoms with van der Waals surface area (Å²) in [6.07, 6.45) is 0. The highest BCUT2D eigenvalue weighted by Gasteiger charge is 2.35. The minimum absolute atomic E-state index is 0.00306. The van der Waals surface area contributed by atoms with Crippen molar-refractivity contribution in [1.82, 2.24) is 10.2 Å². The average Bonchev–Trinajstić information content (AvgIpc) is 3.00. The molecule has 26 heavy (non-hydrogen) atoms. The number of hydrogen-bond acceptors (Lipinski definition) is 7. The van der Waals surface area contributed by atoms with Gasteiger partial charge in [0.05, 0.1) is 12.5 Å². The molecule has 2 aromatic rings. The van der Waals surface area contributed by atoms with Gasteiger partial charge in [0, 0.05) is 16.8 Å². The Balaban J connectivity index is 2.04. The highest BCUT2D eigenvalue weighted by atomic mass is 16.6. The fourth-order valence-electron chi connectivity index (χ4n) is 2.90. The maximum absolute atomic E-state index is 11.6. The number of carbonyl (C=O) groups is 1. The van der Waals surface area contributed by atoms with Crippen LogP contribution in [-0.4, -0.2) is 29.4 Å². The van der Waals surface area contributed by atoms with Crippen LogP contribution < -0.4 is 15.2 Å². The number of esters is 1. The Hall–Kier alpha value is -3.47. The number of carbonyl (C=O) groups excluding carboxylic acids is 1. The van der Waals surface area contributed by atoms with Gasteiger partial charge in [0.15, 0.2) is 6.61 Å². The van der Waals surface area contributed by atoms with Crippen LogP contribution in [0.1, 0.15) is 29.7 Å². The molecule has 2 heterocycles. The number of nitrogens with two attached hydrogens (primary N) is 1. The molecule has 0 aliphatic carbocycles. The smallest absolute Gasteiger partial charge is 0.344 e. The van der Waals surface area contributed by atoms with Gasteiger partial charge in [-0.1, -0.05) is 18.2 Å². The molecule has 0 amide bonds. The van der Waals surface area contributed by atoms with Crippen LogP contribution in [0.2, 0.25) is 0 Å². The molecule has 0 spiro atoms. The van der Waals surface area contributed by atoms with Crippen LogP contribution in [0, 0.1) is 18.3 Å². The molecule has 0 unspecified atom stereocenters.